The number of carbonyl (C=O) groups excluding carboxylic acids is 1. The summed E-state index contributed by atoms with van der Waals surface area (Å²) in [6, 6.07) is 11.9. The minimum absolute atomic E-state index is 0.115. The monoisotopic (exact) mass is 373 g/mol. The number of nitrogens with zero attached hydrogens (tertiary/aromatic N) is 1. The highest BCUT2D eigenvalue weighted by Crippen LogP contribution is 2.26. The minimum atomic E-state index is -1.65. The number of halogens is 3. The van der Waals surface area contributed by atoms with Crippen LogP contribution in [0.4, 0.5) is 30.4 Å². The molecule has 0 bridgehead atoms. The Hall–Kier alpha value is -3.55. The van der Waals surface area contributed by atoms with Crippen molar-refractivity contribution in [3.8, 4) is 5.75 Å². The Morgan fingerprint density at radius 3 is 2.44 bits per heavy atom. The van der Waals surface area contributed by atoms with Crippen molar-refractivity contribution in [2.45, 2.75) is 0 Å². The van der Waals surface area contributed by atoms with Gasteiger partial charge in [0, 0.05) is 6.20 Å². The molecule has 0 saturated heterocycles. The molecule has 0 radical (unpaired) electrons. The summed E-state index contributed by atoms with van der Waals surface area (Å²) in [5.41, 5.74) is 0.341. The van der Waals surface area contributed by atoms with E-state index >= 15 is 0 Å². The van der Waals surface area contributed by atoms with Gasteiger partial charge in [0.1, 0.15) is 11.6 Å². The van der Waals surface area contributed by atoms with Gasteiger partial charge in [-0.25, -0.2) is 18.2 Å². The molecule has 5 nitrogen and oxygen atoms in total. The van der Waals surface area contributed by atoms with Crippen LogP contribution in [0.3, 0.4) is 0 Å². The standard InChI is InChI=1S/C19H14F3N3O2/c1-27-15-5-3-2-4-13(15)24-16-9-6-11(10-23-16)19(26)25-14-8-7-12(20)17(21)18(14)22/h2-10H,1H3,(H,23,24)(H,25,26). The summed E-state index contributed by atoms with van der Waals surface area (Å²) in [6.07, 6.45) is 1.27. The number of methoxy groups -OCH3 is 1. The van der Waals surface area contributed by atoms with Gasteiger partial charge in [-0.2, -0.15) is 0 Å². The summed E-state index contributed by atoms with van der Waals surface area (Å²) in [4.78, 5) is 16.3. The van der Waals surface area contributed by atoms with E-state index in [1.165, 1.54) is 12.3 Å². The van der Waals surface area contributed by atoms with Crippen molar-refractivity contribution in [2.24, 2.45) is 0 Å². The number of para-hydroxylation sites is 2. The summed E-state index contributed by atoms with van der Waals surface area (Å²) in [5, 5.41) is 5.22. The van der Waals surface area contributed by atoms with Crippen LogP contribution < -0.4 is 15.4 Å². The first-order valence-electron chi connectivity index (χ1n) is 7.80. The Balaban J connectivity index is 1.73. The van der Waals surface area contributed by atoms with Crippen molar-refractivity contribution in [1.82, 2.24) is 4.98 Å². The second-order valence-corrected chi connectivity index (χ2v) is 5.43. The first kappa shape index (κ1) is 18.2. The molecule has 1 aromatic heterocycles. The Bertz CT molecular complexity index is 978. The number of pyridine rings is 1. The van der Waals surface area contributed by atoms with Gasteiger partial charge in [0.15, 0.2) is 17.5 Å². The van der Waals surface area contributed by atoms with Gasteiger partial charge < -0.3 is 15.4 Å². The van der Waals surface area contributed by atoms with Gasteiger partial charge in [0.05, 0.1) is 24.0 Å². The SMILES string of the molecule is COc1ccccc1Nc1ccc(C(=O)Nc2ccc(F)c(F)c2F)cn1. The number of rotatable bonds is 5. The van der Waals surface area contributed by atoms with Gasteiger partial charge in [0.25, 0.3) is 5.91 Å². The van der Waals surface area contributed by atoms with Crippen LogP contribution in [0.25, 0.3) is 0 Å². The molecule has 0 aliphatic carbocycles. The lowest BCUT2D eigenvalue weighted by Gasteiger charge is -2.11. The third-order valence-corrected chi connectivity index (χ3v) is 3.68. The van der Waals surface area contributed by atoms with Crippen LogP contribution in [0.2, 0.25) is 0 Å². The van der Waals surface area contributed by atoms with Crippen molar-refractivity contribution in [3.63, 3.8) is 0 Å². The van der Waals surface area contributed by atoms with Crippen LogP contribution in [-0.2, 0) is 0 Å². The summed E-state index contributed by atoms with van der Waals surface area (Å²) in [6.45, 7) is 0. The summed E-state index contributed by atoms with van der Waals surface area (Å²) in [5.74, 6) is -4.09. The van der Waals surface area contributed by atoms with Crippen molar-refractivity contribution < 1.29 is 22.7 Å². The molecule has 0 unspecified atom stereocenters. The number of anilines is 3. The highest BCUT2D eigenvalue weighted by Gasteiger charge is 2.16. The number of benzene rings is 2. The molecular weight excluding hydrogens is 359 g/mol. The molecule has 0 saturated carbocycles. The minimum Gasteiger partial charge on any atom is -0.495 e. The predicted octanol–water partition coefficient (Wildman–Crippen LogP) is 4.50. The average Bonchev–Trinajstić information content (AvgIpc) is 2.69. The van der Waals surface area contributed by atoms with Crippen molar-refractivity contribution >= 4 is 23.1 Å². The molecule has 0 fully saturated rings. The normalized spacial score (nSPS) is 10.4. The zero-order chi connectivity index (χ0) is 19.4. The van der Waals surface area contributed by atoms with E-state index in [1.54, 1.807) is 25.3 Å². The molecule has 0 atom stereocenters. The molecule has 8 heteroatoms. The molecule has 3 aromatic rings. The van der Waals surface area contributed by atoms with Gasteiger partial charge in [-0.05, 0) is 36.4 Å². The lowest BCUT2D eigenvalue weighted by Crippen LogP contribution is -2.14. The van der Waals surface area contributed by atoms with E-state index in [0.29, 0.717) is 17.3 Å². The van der Waals surface area contributed by atoms with Gasteiger partial charge in [-0.1, -0.05) is 12.1 Å². The molecule has 0 aliphatic heterocycles. The van der Waals surface area contributed by atoms with Crippen LogP contribution in [0.1, 0.15) is 10.4 Å². The summed E-state index contributed by atoms with van der Waals surface area (Å²) < 4.78 is 45.1. The summed E-state index contributed by atoms with van der Waals surface area (Å²) >= 11 is 0. The molecule has 0 aliphatic rings. The van der Waals surface area contributed by atoms with Crippen molar-refractivity contribution in [2.75, 3.05) is 17.7 Å². The van der Waals surface area contributed by atoms with E-state index < -0.39 is 29.0 Å². The molecule has 1 heterocycles. The fraction of sp³-hybridized carbons (Fsp3) is 0.0526. The van der Waals surface area contributed by atoms with E-state index in [0.717, 1.165) is 12.1 Å². The number of nitrogens with one attached hydrogen (secondary N) is 2. The van der Waals surface area contributed by atoms with Crippen LogP contribution in [0, 0.1) is 17.5 Å². The molecule has 3 rings (SSSR count). The summed E-state index contributed by atoms with van der Waals surface area (Å²) in [7, 11) is 1.54. The second-order valence-electron chi connectivity index (χ2n) is 5.43. The van der Waals surface area contributed by atoms with Crippen LogP contribution >= 0.6 is 0 Å². The van der Waals surface area contributed by atoms with Crippen molar-refractivity contribution in [3.05, 3.63) is 77.7 Å². The number of amides is 1. The third kappa shape index (κ3) is 4.00. The van der Waals surface area contributed by atoms with Crippen LogP contribution in [0.5, 0.6) is 5.75 Å². The predicted molar refractivity (Wildman–Crippen MR) is 94.8 cm³/mol. The topological polar surface area (TPSA) is 63.2 Å². The zero-order valence-corrected chi connectivity index (χ0v) is 14.1. The lowest BCUT2D eigenvalue weighted by molar-refractivity contribution is 0.102. The molecule has 2 aromatic carbocycles. The number of hydrogen-bond acceptors (Lipinski definition) is 4. The van der Waals surface area contributed by atoms with Crippen molar-refractivity contribution in [1.29, 1.82) is 0 Å². The molecule has 1 amide bonds. The number of ether oxygens (including phenoxy) is 1. The number of carbonyl (C=O) groups is 1. The quantitative estimate of drug-likeness (QED) is 0.647. The molecule has 2 N–H and O–H groups in total. The zero-order valence-electron chi connectivity index (χ0n) is 14.1. The maximum absolute atomic E-state index is 13.6. The molecule has 138 valence electrons. The van der Waals surface area contributed by atoms with E-state index in [1.807, 2.05) is 12.1 Å². The third-order valence-electron chi connectivity index (χ3n) is 3.68. The lowest BCUT2D eigenvalue weighted by atomic mass is 10.2. The maximum atomic E-state index is 13.6. The first-order valence-corrected chi connectivity index (χ1v) is 7.80. The van der Waals surface area contributed by atoms with E-state index in [2.05, 4.69) is 15.6 Å². The maximum Gasteiger partial charge on any atom is 0.257 e. The first-order chi connectivity index (χ1) is 13.0. The van der Waals surface area contributed by atoms with Gasteiger partial charge >= 0.3 is 0 Å². The van der Waals surface area contributed by atoms with Crippen LogP contribution in [-0.4, -0.2) is 18.0 Å². The number of aromatic nitrogens is 1. The Kier molecular flexibility index (Phi) is 5.25. The van der Waals surface area contributed by atoms with Gasteiger partial charge in [-0.15, -0.1) is 0 Å². The van der Waals surface area contributed by atoms with E-state index in [9.17, 15) is 18.0 Å². The molecule has 27 heavy (non-hydrogen) atoms. The molecule has 0 spiro atoms. The smallest absolute Gasteiger partial charge is 0.257 e. The Morgan fingerprint density at radius 1 is 0.963 bits per heavy atom. The van der Waals surface area contributed by atoms with E-state index in [-0.39, 0.29) is 5.56 Å². The van der Waals surface area contributed by atoms with Gasteiger partial charge in [0.2, 0.25) is 0 Å². The fourth-order valence-electron chi connectivity index (χ4n) is 2.30. The highest BCUT2D eigenvalue weighted by molar-refractivity contribution is 6.04. The number of hydrogen-bond donors (Lipinski definition) is 2. The Morgan fingerprint density at radius 2 is 1.74 bits per heavy atom. The van der Waals surface area contributed by atoms with Crippen LogP contribution in [0.15, 0.2) is 54.7 Å². The Labute approximate surface area is 152 Å². The fourth-order valence-corrected chi connectivity index (χ4v) is 2.30. The average molecular weight is 373 g/mol. The highest BCUT2D eigenvalue weighted by atomic mass is 19.2. The van der Waals surface area contributed by atoms with E-state index in [4.69, 9.17) is 4.74 Å². The molecular formula is C19H14F3N3O2. The van der Waals surface area contributed by atoms with Gasteiger partial charge in [-0.3, -0.25) is 4.79 Å². The second kappa shape index (κ2) is 7.77. The largest absolute Gasteiger partial charge is 0.495 e.